The minimum atomic E-state index is 0.672. The molecule has 2 heterocycles. The third kappa shape index (κ3) is 3.30. The third-order valence-corrected chi connectivity index (χ3v) is 4.02. The summed E-state index contributed by atoms with van der Waals surface area (Å²) in [5.41, 5.74) is 4.08. The fourth-order valence-electron chi connectivity index (χ4n) is 2.90. The number of fused-ring (bicyclic) bond motifs is 1. The van der Waals surface area contributed by atoms with Gasteiger partial charge >= 0.3 is 0 Å². The molecule has 1 aliphatic heterocycles. The molecular formula is C18H24N2O. The Morgan fingerprint density at radius 1 is 1.24 bits per heavy atom. The van der Waals surface area contributed by atoms with Crippen LogP contribution in [0.4, 0.5) is 5.69 Å². The van der Waals surface area contributed by atoms with Crippen molar-refractivity contribution in [2.75, 3.05) is 18.0 Å². The van der Waals surface area contributed by atoms with Gasteiger partial charge in [-0.15, -0.1) is 0 Å². The van der Waals surface area contributed by atoms with Crippen molar-refractivity contribution in [2.24, 2.45) is 5.92 Å². The summed E-state index contributed by atoms with van der Waals surface area (Å²) >= 11 is 0. The molecule has 0 atom stereocenters. The lowest BCUT2D eigenvalue weighted by atomic mass is 10.2. The van der Waals surface area contributed by atoms with Gasteiger partial charge in [0.2, 0.25) is 0 Å². The highest BCUT2D eigenvalue weighted by Gasteiger charge is 2.20. The number of nitrogens with zero attached hydrogens (tertiary/aromatic N) is 1. The van der Waals surface area contributed by atoms with Gasteiger partial charge in [0.1, 0.15) is 5.76 Å². The van der Waals surface area contributed by atoms with E-state index in [2.05, 4.69) is 54.4 Å². The zero-order valence-corrected chi connectivity index (χ0v) is 12.9. The van der Waals surface area contributed by atoms with E-state index in [1.807, 2.05) is 6.26 Å². The maximum absolute atomic E-state index is 5.72. The molecule has 21 heavy (non-hydrogen) atoms. The van der Waals surface area contributed by atoms with Crippen LogP contribution in [0.1, 0.15) is 30.7 Å². The smallest absolute Gasteiger partial charge is 0.127 e. The quantitative estimate of drug-likeness (QED) is 0.878. The lowest BCUT2D eigenvalue weighted by Gasteiger charge is -2.19. The Hall–Kier alpha value is -1.74. The zero-order chi connectivity index (χ0) is 14.7. The van der Waals surface area contributed by atoms with Crippen LogP contribution in [0.5, 0.6) is 0 Å². The Labute approximate surface area is 127 Å². The van der Waals surface area contributed by atoms with E-state index < -0.39 is 0 Å². The SMILES string of the molecule is CC(C)CNCc1ccoc1CN1CCc2ccccc21. The van der Waals surface area contributed by atoms with Gasteiger partial charge in [0.15, 0.2) is 0 Å². The first-order chi connectivity index (χ1) is 10.2. The summed E-state index contributed by atoms with van der Waals surface area (Å²) in [7, 11) is 0. The number of hydrogen-bond acceptors (Lipinski definition) is 3. The van der Waals surface area contributed by atoms with Crippen LogP contribution in [-0.2, 0) is 19.5 Å². The van der Waals surface area contributed by atoms with E-state index in [1.165, 1.54) is 16.8 Å². The molecule has 1 N–H and O–H groups in total. The van der Waals surface area contributed by atoms with Crippen molar-refractivity contribution in [1.82, 2.24) is 5.32 Å². The second-order valence-electron chi connectivity index (χ2n) is 6.19. The molecular weight excluding hydrogens is 260 g/mol. The van der Waals surface area contributed by atoms with Crippen LogP contribution in [0.25, 0.3) is 0 Å². The van der Waals surface area contributed by atoms with Crippen LogP contribution in [0.3, 0.4) is 0 Å². The molecule has 112 valence electrons. The Morgan fingerprint density at radius 2 is 2.10 bits per heavy atom. The first-order valence-corrected chi connectivity index (χ1v) is 7.83. The van der Waals surface area contributed by atoms with Gasteiger partial charge in [-0.25, -0.2) is 0 Å². The number of para-hydroxylation sites is 1. The molecule has 1 aromatic carbocycles. The number of furan rings is 1. The first kappa shape index (κ1) is 14.2. The summed E-state index contributed by atoms with van der Waals surface area (Å²) in [4.78, 5) is 2.42. The molecule has 3 heteroatoms. The molecule has 1 aromatic heterocycles. The van der Waals surface area contributed by atoms with Crippen molar-refractivity contribution >= 4 is 5.69 Å². The van der Waals surface area contributed by atoms with Crippen molar-refractivity contribution < 1.29 is 4.42 Å². The van der Waals surface area contributed by atoms with Gasteiger partial charge in [-0.3, -0.25) is 0 Å². The van der Waals surface area contributed by atoms with E-state index in [9.17, 15) is 0 Å². The van der Waals surface area contributed by atoms with Crippen LogP contribution >= 0.6 is 0 Å². The van der Waals surface area contributed by atoms with E-state index in [-0.39, 0.29) is 0 Å². The molecule has 1 aliphatic rings. The van der Waals surface area contributed by atoms with E-state index in [0.717, 1.165) is 38.4 Å². The summed E-state index contributed by atoms with van der Waals surface area (Å²) in [6.45, 7) is 8.33. The van der Waals surface area contributed by atoms with Crippen LogP contribution in [-0.4, -0.2) is 13.1 Å². The van der Waals surface area contributed by atoms with Gasteiger partial charge in [0, 0.05) is 24.3 Å². The van der Waals surface area contributed by atoms with Gasteiger partial charge in [0.25, 0.3) is 0 Å². The van der Waals surface area contributed by atoms with Gasteiger partial charge in [-0.05, 0) is 36.6 Å². The van der Waals surface area contributed by atoms with Crippen LogP contribution in [0.15, 0.2) is 41.0 Å². The van der Waals surface area contributed by atoms with E-state index in [4.69, 9.17) is 4.42 Å². The highest BCUT2D eigenvalue weighted by Crippen LogP contribution is 2.29. The summed E-state index contributed by atoms with van der Waals surface area (Å²) in [6.07, 6.45) is 2.95. The molecule has 0 aliphatic carbocycles. The number of rotatable bonds is 6. The molecule has 0 saturated carbocycles. The molecule has 0 bridgehead atoms. The van der Waals surface area contributed by atoms with Crippen LogP contribution < -0.4 is 10.2 Å². The highest BCUT2D eigenvalue weighted by atomic mass is 16.3. The summed E-state index contributed by atoms with van der Waals surface area (Å²) in [6, 6.07) is 10.8. The number of nitrogens with one attached hydrogen (secondary N) is 1. The third-order valence-electron chi connectivity index (χ3n) is 4.02. The fourth-order valence-corrected chi connectivity index (χ4v) is 2.90. The van der Waals surface area contributed by atoms with E-state index >= 15 is 0 Å². The molecule has 3 nitrogen and oxygen atoms in total. The monoisotopic (exact) mass is 284 g/mol. The Morgan fingerprint density at radius 3 is 2.95 bits per heavy atom. The second kappa shape index (κ2) is 6.35. The predicted octanol–water partition coefficient (Wildman–Crippen LogP) is 3.59. The number of hydrogen-bond donors (Lipinski definition) is 1. The molecule has 0 spiro atoms. The van der Waals surface area contributed by atoms with E-state index in [1.54, 1.807) is 0 Å². The van der Waals surface area contributed by atoms with Crippen molar-refractivity contribution in [2.45, 2.75) is 33.4 Å². The molecule has 0 fully saturated rings. The van der Waals surface area contributed by atoms with Gasteiger partial charge in [0.05, 0.1) is 12.8 Å². The second-order valence-corrected chi connectivity index (χ2v) is 6.19. The average molecular weight is 284 g/mol. The molecule has 2 aromatic rings. The van der Waals surface area contributed by atoms with Gasteiger partial charge in [-0.2, -0.15) is 0 Å². The molecule has 0 saturated heterocycles. The summed E-state index contributed by atoms with van der Waals surface area (Å²) in [5, 5.41) is 3.49. The average Bonchev–Trinajstić information content (AvgIpc) is 3.07. The van der Waals surface area contributed by atoms with Gasteiger partial charge < -0.3 is 14.6 Å². The van der Waals surface area contributed by atoms with E-state index in [0.29, 0.717) is 5.92 Å². The normalized spacial score (nSPS) is 14.0. The molecule has 3 rings (SSSR count). The topological polar surface area (TPSA) is 28.4 Å². The number of anilines is 1. The highest BCUT2D eigenvalue weighted by molar-refractivity contribution is 5.57. The fraction of sp³-hybridized carbons (Fsp3) is 0.444. The number of benzene rings is 1. The maximum Gasteiger partial charge on any atom is 0.127 e. The van der Waals surface area contributed by atoms with Crippen molar-refractivity contribution in [3.05, 3.63) is 53.5 Å². The Balaban J connectivity index is 1.65. The minimum Gasteiger partial charge on any atom is -0.467 e. The minimum absolute atomic E-state index is 0.672. The van der Waals surface area contributed by atoms with Crippen LogP contribution in [0, 0.1) is 5.92 Å². The molecule has 0 unspecified atom stereocenters. The predicted molar refractivity (Wildman–Crippen MR) is 86.4 cm³/mol. The lowest BCUT2D eigenvalue weighted by molar-refractivity contribution is 0.492. The summed E-state index contributed by atoms with van der Waals surface area (Å²) < 4.78 is 5.72. The maximum atomic E-state index is 5.72. The van der Waals surface area contributed by atoms with Crippen molar-refractivity contribution in [3.63, 3.8) is 0 Å². The summed E-state index contributed by atoms with van der Waals surface area (Å²) in [5.74, 6) is 1.76. The molecule has 0 radical (unpaired) electrons. The van der Waals surface area contributed by atoms with Crippen LogP contribution in [0.2, 0.25) is 0 Å². The zero-order valence-electron chi connectivity index (χ0n) is 12.9. The Bertz CT molecular complexity index is 588. The van der Waals surface area contributed by atoms with Gasteiger partial charge in [-0.1, -0.05) is 32.0 Å². The first-order valence-electron chi connectivity index (χ1n) is 7.83. The van der Waals surface area contributed by atoms with Crippen molar-refractivity contribution in [1.29, 1.82) is 0 Å². The standard InChI is InChI=1S/C18H24N2O/c1-14(2)11-19-12-16-8-10-21-18(16)13-20-9-7-15-5-3-4-6-17(15)20/h3-6,8,10,14,19H,7,9,11-13H2,1-2H3. The van der Waals surface area contributed by atoms with Crippen molar-refractivity contribution in [3.8, 4) is 0 Å². The lowest BCUT2D eigenvalue weighted by Crippen LogP contribution is -2.22. The Kier molecular flexibility index (Phi) is 4.30. The molecule has 0 amide bonds. The largest absolute Gasteiger partial charge is 0.467 e.